The minimum Gasteiger partial charge on any atom is -0.462 e. The lowest BCUT2D eigenvalue weighted by Gasteiger charge is -2.12. The van der Waals surface area contributed by atoms with Crippen LogP contribution in [-0.4, -0.2) is 29.2 Å². The summed E-state index contributed by atoms with van der Waals surface area (Å²) in [6.45, 7) is 4.21. The van der Waals surface area contributed by atoms with Crippen LogP contribution < -0.4 is 5.32 Å². The van der Waals surface area contributed by atoms with Crippen LogP contribution in [0.25, 0.3) is 10.9 Å². The molecule has 0 radical (unpaired) electrons. The Hall–Kier alpha value is -2.38. The molecular formula is C24H26N2O3S2. The fourth-order valence-electron chi connectivity index (χ4n) is 3.90. The quantitative estimate of drug-likeness (QED) is 0.362. The van der Waals surface area contributed by atoms with Gasteiger partial charge in [0.15, 0.2) is 0 Å². The maximum absolute atomic E-state index is 12.6. The van der Waals surface area contributed by atoms with Crippen molar-refractivity contribution < 1.29 is 14.3 Å². The molecule has 1 N–H and O–H groups in total. The zero-order valence-corrected chi connectivity index (χ0v) is 19.5. The Morgan fingerprint density at radius 3 is 2.87 bits per heavy atom. The Morgan fingerprint density at radius 1 is 1.23 bits per heavy atom. The first-order valence-corrected chi connectivity index (χ1v) is 12.5. The van der Waals surface area contributed by atoms with Crippen LogP contribution in [0.5, 0.6) is 0 Å². The molecule has 0 aliphatic heterocycles. The Balaban J connectivity index is 1.41. The maximum atomic E-state index is 12.6. The van der Waals surface area contributed by atoms with Crippen molar-refractivity contribution >= 4 is 50.9 Å². The van der Waals surface area contributed by atoms with Crippen molar-refractivity contribution in [1.29, 1.82) is 0 Å². The van der Waals surface area contributed by atoms with E-state index in [1.807, 2.05) is 18.2 Å². The number of aryl methyl sites for hydroxylation is 2. The number of nitrogens with zero attached hydrogens (tertiary/aromatic N) is 1. The second kappa shape index (κ2) is 9.83. The molecule has 1 aliphatic rings. The van der Waals surface area contributed by atoms with Gasteiger partial charge >= 0.3 is 5.97 Å². The summed E-state index contributed by atoms with van der Waals surface area (Å²) in [7, 11) is 0. The van der Waals surface area contributed by atoms with E-state index in [9.17, 15) is 9.59 Å². The first kappa shape index (κ1) is 21.8. The number of anilines is 1. The van der Waals surface area contributed by atoms with Gasteiger partial charge in [-0.2, -0.15) is 0 Å². The van der Waals surface area contributed by atoms with E-state index >= 15 is 0 Å². The third kappa shape index (κ3) is 4.93. The normalized spacial score (nSPS) is 13.1. The molecule has 1 aliphatic carbocycles. The van der Waals surface area contributed by atoms with Crippen molar-refractivity contribution in [3.8, 4) is 0 Å². The molecule has 162 valence electrons. The monoisotopic (exact) mass is 454 g/mol. The highest BCUT2D eigenvalue weighted by Crippen LogP contribution is 2.38. The first-order chi connectivity index (χ1) is 15.1. The van der Waals surface area contributed by atoms with Crippen molar-refractivity contribution in [2.75, 3.05) is 17.7 Å². The highest BCUT2D eigenvalue weighted by Gasteiger charge is 2.27. The molecule has 5 nitrogen and oxygen atoms in total. The summed E-state index contributed by atoms with van der Waals surface area (Å²) in [6.07, 6.45) is 4.38. The van der Waals surface area contributed by atoms with Gasteiger partial charge in [0, 0.05) is 22.4 Å². The fraction of sp³-hybridized carbons (Fsp3) is 0.375. The van der Waals surface area contributed by atoms with E-state index < -0.39 is 0 Å². The molecule has 3 aromatic rings. The number of aromatic nitrogens is 1. The molecule has 4 rings (SSSR count). The fourth-order valence-corrected chi connectivity index (χ4v) is 6.12. The van der Waals surface area contributed by atoms with Crippen LogP contribution in [0, 0.1) is 6.92 Å². The third-order valence-electron chi connectivity index (χ3n) is 5.38. The molecule has 1 amide bonds. The zero-order valence-electron chi connectivity index (χ0n) is 17.8. The topological polar surface area (TPSA) is 68.3 Å². The van der Waals surface area contributed by atoms with Crippen LogP contribution in [-0.2, 0) is 22.4 Å². The summed E-state index contributed by atoms with van der Waals surface area (Å²) in [5.74, 6) is 0.202. The molecule has 2 aromatic heterocycles. The van der Waals surface area contributed by atoms with Crippen LogP contribution in [0.2, 0.25) is 0 Å². The van der Waals surface area contributed by atoms with Crippen LogP contribution in [0.15, 0.2) is 35.4 Å². The van der Waals surface area contributed by atoms with Gasteiger partial charge in [0.25, 0.3) is 0 Å². The van der Waals surface area contributed by atoms with Crippen molar-refractivity contribution in [1.82, 2.24) is 4.98 Å². The van der Waals surface area contributed by atoms with E-state index in [1.54, 1.807) is 18.7 Å². The van der Waals surface area contributed by atoms with Gasteiger partial charge < -0.3 is 10.1 Å². The van der Waals surface area contributed by atoms with Crippen LogP contribution in [0.4, 0.5) is 5.00 Å². The van der Waals surface area contributed by atoms with E-state index in [-0.39, 0.29) is 11.9 Å². The van der Waals surface area contributed by atoms with Gasteiger partial charge in [0.1, 0.15) is 5.00 Å². The van der Waals surface area contributed by atoms with Crippen LogP contribution >= 0.6 is 23.1 Å². The van der Waals surface area contributed by atoms with Gasteiger partial charge in [0.05, 0.1) is 22.7 Å². The van der Waals surface area contributed by atoms with E-state index in [0.717, 1.165) is 47.2 Å². The van der Waals surface area contributed by atoms with Crippen molar-refractivity contribution in [3.63, 3.8) is 0 Å². The lowest BCUT2D eigenvalue weighted by Crippen LogP contribution is -2.16. The Morgan fingerprint density at radius 2 is 2.03 bits per heavy atom. The maximum Gasteiger partial charge on any atom is 0.341 e. The van der Waals surface area contributed by atoms with Gasteiger partial charge in [-0.25, -0.2) is 9.78 Å². The lowest BCUT2D eigenvalue weighted by molar-refractivity contribution is -0.115. The van der Waals surface area contributed by atoms with Crippen molar-refractivity contribution in [3.05, 3.63) is 51.9 Å². The van der Waals surface area contributed by atoms with Gasteiger partial charge in [0.2, 0.25) is 5.91 Å². The van der Waals surface area contributed by atoms with Crippen molar-refractivity contribution in [2.45, 2.75) is 51.0 Å². The average Bonchev–Trinajstić information content (AvgIpc) is 3.11. The standard InChI is InChI=1S/C24H26N2O3S2/c1-3-29-24(28)22-17-9-5-7-11-19(17)31-23(22)26-20(27)12-13-30-21-14-15(2)16-8-4-6-10-18(16)25-21/h4,6,8,10,14H,3,5,7,9,11-13H2,1-2H3,(H,26,27). The van der Waals surface area contributed by atoms with Gasteiger partial charge in [-0.05, 0) is 62.8 Å². The van der Waals surface area contributed by atoms with E-state index in [0.29, 0.717) is 29.3 Å². The number of hydrogen-bond acceptors (Lipinski definition) is 6. The largest absolute Gasteiger partial charge is 0.462 e. The van der Waals surface area contributed by atoms with E-state index in [4.69, 9.17) is 9.72 Å². The number of ether oxygens (including phenoxy) is 1. The first-order valence-electron chi connectivity index (χ1n) is 10.7. The van der Waals surface area contributed by atoms with Gasteiger partial charge in [-0.15, -0.1) is 23.1 Å². The number of rotatable bonds is 7. The molecule has 0 saturated carbocycles. The zero-order chi connectivity index (χ0) is 21.8. The average molecular weight is 455 g/mol. The number of carbonyl (C=O) groups is 2. The molecule has 7 heteroatoms. The SMILES string of the molecule is CCOC(=O)c1c(NC(=O)CCSc2cc(C)c3ccccc3n2)sc2c1CCCC2. The lowest BCUT2D eigenvalue weighted by atomic mass is 9.95. The number of para-hydroxylation sites is 1. The molecule has 0 fully saturated rings. The molecule has 0 saturated heterocycles. The summed E-state index contributed by atoms with van der Waals surface area (Å²) < 4.78 is 5.26. The number of benzene rings is 1. The molecule has 0 spiro atoms. The van der Waals surface area contributed by atoms with Crippen LogP contribution in [0.1, 0.15) is 52.5 Å². The number of pyridine rings is 1. The number of amides is 1. The molecular weight excluding hydrogens is 428 g/mol. The smallest absolute Gasteiger partial charge is 0.341 e. The molecule has 0 bridgehead atoms. The Bertz CT molecular complexity index is 1120. The number of carbonyl (C=O) groups excluding carboxylic acids is 2. The minimum atomic E-state index is -0.331. The molecule has 31 heavy (non-hydrogen) atoms. The predicted molar refractivity (Wildman–Crippen MR) is 127 cm³/mol. The van der Waals surface area contributed by atoms with E-state index in [2.05, 4.69) is 24.4 Å². The summed E-state index contributed by atoms with van der Waals surface area (Å²) in [5.41, 5.74) is 3.78. The van der Waals surface area contributed by atoms with Gasteiger partial charge in [-0.1, -0.05) is 18.2 Å². The summed E-state index contributed by atoms with van der Waals surface area (Å²) in [5, 5.41) is 5.69. The predicted octanol–water partition coefficient (Wildman–Crippen LogP) is 5.78. The summed E-state index contributed by atoms with van der Waals surface area (Å²) >= 11 is 3.10. The highest BCUT2D eigenvalue weighted by molar-refractivity contribution is 7.99. The third-order valence-corrected chi connectivity index (χ3v) is 7.50. The van der Waals surface area contributed by atoms with Crippen molar-refractivity contribution in [2.24, 2.45) is 0 Å². The molecule has 0 unspecified atom stereocenters. The molecule has 0 atom stereocenters. The second-order valence-corrected chi connectivity index (χ2v) is 9.80. The summed E-state index contributed by atoms with van der Waals surface area (Å²) in [4.78, 5) is 31.1. The number of esters is 1. The number of thioether (sulfide) groups is 1. The Labute approximate surface area is 190 Å². The molecule has 2 heterocycles. The second-order valence-electron chi connectivity index (χ2n) is 7.58. The summed E-state index contributed by atoms with van der Waals surface area (Å²) in [6, 6.07) is 10.1. The Kier molecular flexibility index (Phi) is 6.92. The number of hydrogen-bond donors (Lipinski definition) is 1. The number of thiophene rings is 1. The highest BCUT2D eigenvalue weighted by atomic mass is 32.2. The van der Waals surface area contributed by atoms with E-state index in [1.165, 1.54) is 21.8 Å². The minimum absolute atomic E-state index is 0.0887. The van der Waals surface area contributed by atoms with Gasteiger partial charge in [-0.3, -0.25) is 4.79 Å². The van der Waals surface area contributed by atoms with Crippen LogP contribution in [0.3, 0.4) is 0 Å². The number of fused-ring (bicyclic) bond motifs is 2. The molecule has 1 aromatic carbocycles. The number of nitrogens with one attached hydrogen (secondary N) is 1.